The zero-order chi connectivity index (χ0) is 24.8. The maximum atomic E-state index is 10.6. The zero-order valence-corrected chi connectivity index (χ0v) is 19.8. The molecule has 0 saturated heterocycles. The normalized spacial score (nSPS) is 16.2. The van der Waals surface area contributed by atoms with Crippen LogP contribution in [0.15, 0.2) is 55.0 Å². The first-order valence-electron chi connectivity index (χ1n) is 11.7. The summed E-state index contributed by atoms with van der Waals surface area (Å²) in [5.41, 5.74) is 5.90. The monoisotopic (exact) mass is 483 g/mol. The van der Waals surface area contributed by atoms with E-state index in [1.165, 1.54) is 0 Å². The predicted molar refractivity (Wildman–Crippen MR) is 134 cm³/mol. The average Bonchev–Trinajstić information content (AvgIpc) is 3.50. The maximum absolute atomic E-state index is 10.6. The molecule has 1 aliphatic heterocycles. The smallest absolute Gasteiger partial charge is 0.153 e. The van der Waals surface area contributed by atoms with Gasteiger partial charge in [-0.15, -0.1) is 5.10 Å². The minimum Gasteiger partial charge on any atom is -0.389 e. The van der Waals surface area contributed by atoms with E-state index < -0.39 is 12.3 Å². The van der Waals surface area contributed by atoms with E-state index in [0.29, 0.717) is 47.2 Å². The summed E-state index contributed by atoms with van der Waals surface area (Å²) in [4.78, 5) is 9.48. The van der Waals surface area contributed by atoms with Crippen molar-refractivity contribution in [2.45, 2.75) is 32.7 Å². The van der Waals surface area contributed by atoms with Gasteiger partial charge in [0.15, 0.2) is 5.82 Å². The van der Waals surface area contributed by atoms with E-state index in [2.05, 4.69) is 30.9 Å². The summed E-state index contributed by atoms with van der Waals surface area (Å²) in [6, 6.07) is 13.3. The Balaban J connectivity index is 1.40. The molecule has 0 saturated carbocycles. The zero-order valence-electron chi connectivity index (χ0n) is 19.8. The number of anilines is 2. The highest BCUT2D eigenvalue weighted by Crippen LogP contribution is 2.34. The van der Waals surface area contributed by atoms with Crippen molar-refractivity contribution >= 4 is 22.5 Å². The topological polar surface area (TPSA) is 139 Å². The Bertz CT molecular complexity index is 1560. The van der Waals surface area contributed by atoms with Crippen LogP contribution in [-0.2, 0) is 6.54 Å². The van der Waals surface area contributed by atoms with Crippen molar-refractivity contribution < 1.29 is 10.2 Å². The molecule has 1 aromatic carbocycles. The van der Waals surface area contributed by atoms with E-state index in [0.717, 1.165) is 22.4 Å². The van der Waals surface area contributed by atoms with Gasteiger partial charge in [-0.2, -0.15) is 10.2 Å². The fourth-order valence-corrected chi connectivity index (χ4v) is 4.48. The van der Waals surface area contributed by atoms with Crippen molar-refractivity contribution in [2.24, 2.45) is 0 Å². The largest absolute Gasteiger partial charge is 0.389 e. The van der Waals surface area contributed by atoms with Gasteiger partial charge in [-0.05, 0) is 50.2 Å². The highest BCUT2D eigenvalue weighted by Gasteiger charge is 2.26. The van der Waals surface area contributed by atoms with Crippen molar-refractivity contribution in [3.05, 3.63) is 71.9 Å². The van der Waals surface area contributed by atoms with Crippen LogP contribution in [0.2, 0.25) is 0 Å². The first-order valence-corrected chi connectivity index (χ1v) is 11.7. The molecular formula is C25H25N9O2. The highest BCUT2D eigenvalue weighted by molar-refractivity contribution is 5.82. The van der Waals surface area contributed by atoms with Gasteiger partial charge in [0.1, 0.15) is 18.4 Å². The number of rotatable bonds is 5. The Kier molecular flexibility index (Phi) is 5.44. The lowest BCUT2D eigenvalue weighted by Gasteiger charge is -2.23. The summed E-state index contributed by atoms with van der Waals surface area (Å²) >= 11 is 0. The number of fused-ring (bicyclic) bond motifs is 2. The van der Waals surface area contributed by atoms with Crippen LogP contribution in [0.4, 0.5) is 11.5 Å². The van der Waals surface area contributed by atoms with Crippen LogP contribution in [0.1, 0.15) is 36.2 Å². The number of nitrogens with zero attached hydrogens (tertiary/aromatic N) is 7. The highest BCUT2D eigenvalue weighted by atomic mass is 16.3. The maximum Gasteiger partial charge on any atom is 0.153 e. The van der Waals surface area contributed by atoms with Crippen LogP contribution >= 0.6 is 0 Å². The molecule has 36 heavy (non-hydrogen) atoms. The lowest BCUT2D eigenvalue weighted by molar-refractivity contribution is 0.112. The first-order chi connectivity index (χ1) is 17.5. The molecule has 182 valence electrons. The summed E-state index contributed by atoms with van der Waals surface area (Å²) in [6.45, 7) is 4.86. The number of hydrogen-bond acceptors (Lipinski definition) is 9. The molecule has 2 atom stereocenters. The SMILES string of the molecule is Cc1ccc(Nc2ccc3c(c2)ncn3-c2ccc(C(C)O)c(-c3cnn4c3C(O)NCC4)n2)nn1. The molecule has 0 amide bonds. The van der Waals surface area contributed by atoms with Crippen LogP contribution in [-0.4, -0.2) is 51.3 Å². The molecule has 5 aromatic rings. The van der Waals surface area contributed by atoms with Crippen LogP contribution in [0.3, 0.4) is 0 Å². The van der Waals surface area contributed by atoms with Crippen molar-refractivity contribution in [1.82, 2.24) is 39.8 Å². The fraction of sp³-hybridized carbons (Fsp3) is 0.240. The molecular weight excluding hydrogens is 458 g/mol. The first kappa shape index (κ1) is 22.3. The second-order valence-electron chi connectivity index (χ2n) is 8.81. The second-order valence-corrected chi connectivity index (χ2v) is 8.81. The lowest BCUT2D eigenvalue weighted by atomic mass is 10.0. The van der Waals surface area contributed by atoms with E-state index in [1.807, 2.05) is 54.0 Å². The number of aromatic nitrogens is 7. The third kappa shape index (κ3) is 3.88. The lowest BCUT2D eigenvalue weighted by Crippen LogP contribution is -2.33. The molecule has 0 spiro atoms. The molecule has 1 aliphatic rings. The minimum atomic E-state index is -0.859. The van der Waals surface area contributed by atoms with Crippen molar-refractivity contribution in [1.29, 1.82) is 0 Å². The van der Waals surface area contributed by atoms with Gasteiger partial charge in [0, 0.05) is 23.4 Å². The molecule has 11 nitrogen and oxygen atoms in total. The van der Waals surface area contributed by atoms with Gasteiger partial charge in [-0.25, -0.2) is 9.97 Å². The van der Waals surface area contributed by atoms with Gasteiger partial charge in [0.05, 0.1) is 47.0 Å². The van der Waals surface area contributed by atoms with Crippen LogP contribution in [0, 0.1) is 6.92 Å². The summed E-state index contributed by atoms with van der Waals surface area (Å²) in [6.07, 6.45) is 1.81. The Morgan fingerprint density at radius 2 is 2.03 bits per heavy atom. The number of pyridine rings is 1. The van der Waals surface area contributed by atoms with Gasteiger partial charge in [0.25, 0.3) is 0 Å². The van der Waals surface area contributed by atoms with Crippen LogP contribution in [0.5, 0.6) is 0 Å². The molecule has 4 aromatic heterocycles. The fourth-order valence-electron chi connectivity index (χ4n) is 4.48. The molecule has 0 radical (unpaired) electrons. The van der Waals surface area contributed by atoms with E-state index >= 15 is 0 Å². The Labute approximate surface area is 206 Å². The van der Waals surface area contributed by atoms with Gasteiger partial charge < -0.3 is 15.5 Å². The van der Waals surface area contributed by atoms with E-state index in [4.69, 9.17) is 4.98 Å². The summed E-state index contributed by atoms with van der Waals surface area (Å²) < 4.78 is 3.67. The summed E-state index contributed by atoms with van der Waals surface area (Å²) in [5.74, 6) is 1.29. The summed E-state index contributed by atoms with van der Waals surface area (Å²) in [5, 5.41) is 40.0. The molecule has 2 unspecified atom stereocenters. The minimum absolute atomic E-state index is 0.574. The Morgan fingerprint density at radius 1 is 1.14 bits per heavy atom. The van der Waals surface area contributed by atoms with Crippen LogP contribution in [0.25, 0.3) is 28.1 Å². The third-order valence-corrected chi connectivity index (χ3v) is 6.28. The van der Waals surface area contributed by atoms with Crippen molar-refractivity contribution in [3.8, 4) is 17.1 Å². The quantitative estimate of drug-likeness (QED) is 0.297. The van der Waals surface area contributed by atoms with Crippen molar-refractivity contribution in [2.75, 3.05) is 11.9 Å². The third-order valence-electron chi connectivity index (χ3n) is 6.28. The van der Waals surface area contributed by atoms with Crippen LogP contribution < -0.4 is 10.6 Å². The standard InChI is InChI=1S/C25H25N9O2/c1-14-3-7-21(32-31-14)29-16-4-6-20-19(11-16)27-13-33(20)22-8-5-17(15(2)35)23(30-22)18-12-28-34-10-9-26-25(36)24(18)34/h3-8,11-13,15,25-26,35-36H,9-10H2,1-2H3,(H,29,32). The molecule has 11 heteroatoms. The van der Waals surface area contributed by atoms with Gasteiger partial charge in [0.2, 0.25) is 0 Å². The second kappa shape index (κ2) is 8.79. The van der Waals surface area contributed by atoms with Gasteiger partial charge >= 0.3 is 0 Å². The number of aliphatic hydroxyl groups is 2. The molecule has 4 N–H and O–H groups in total. The molecule has 0 bridgehead atoms. The predicted octanol–water partition coefficient (Wildman–Crippen LogP) is 2.77. The number of aliphatic hydroxyl groups excluding tert-OH is 2. The van der Waals surface area contributed by atoms with Gasteiger partial charge in [-0.1, -0.05) is 6.07 Å². The van der Waals surface area contributed by atoms with Gasteiger partial charge in [-0.3, -0.25) is 14.6 Å². The number of hydrogen-bond donors (Lipinski definition) is 4. The Hall–Kier alpha value is -4.19. The average molecular weight is 484 g/mol. The van der Waals surface area contributed by atoms with E-state index in [-0.39, 0.29) is 0 Å². The molecule has 0 aliphatic carbocycles. The van der Waals surface area contributed by atoms with E-state index in [1.54, 1.807) is 24.1 Å². The number of benzene rings is 1. The number of imidazole rings is 1. The van der Waals surface area contributed by atoms with E-state index in [9.17, 15) is 10.2 Å². The summed E-state index contributed by atoms with van der Waals surface area (Å²) in [7, 11) is 0. The molecule has 5 heterocycles. The number of aryl methyl sites for hydroxylation is 1. The molecule has 0 fully saturated rings. The Morgan fingerprint density at radius 3 is 2.83 bits per heavy atom. The van der Waals surface area contributed by atoms with Crippen molar-refractivity contribution in [3.63, 3.8) is 0 Å². The number of nitrogens with one attached hydrogen (secondary N) is 2. The molecule has 6 rings (SSSR count).